The number of furan rings is 1. The van der Waals surface area contributed by atoms with Gasteiger partial charge in [-0.25, -0.2) is 0 Å². The number of aryl methyl sites for hydroxylation is 1. The molecule has 0 unspecified atom stereocenters. The zero-order valence-electron chi connectivity index (χ0n) is 12.7. The van der Waals surface area contributed by atoms with Gasteiger partial charge in [0.1, 0.15) is 5.76 Å². The predicted molar refractivity (Wildman–Crippen MR) is 76.5 cm³/mol. The number of rotatable bonds is 2. The van der Waals surface area contributed by atoms with Gasteiger partial charge < -0.3 is 9.15 Å². The molecule has 1 fully saturated rings. The van der Waals surface area contributed by atoms with Gasteiger partial charge in [-0.3, -0.25) is 4.79 Å². The minimum atomic E-state index is -0.173. The summed E-state index contributed by atoms with van der Waals surface area (Å²) in [5.41, 5.74) is 1.55. The average Bonchev–Trinajstić information content (AvgIpc) is 2.86. The first-order valence-electron chi connectivity index (χ1n) is 7.66. The molecule has 0 N–H and O–H groups in total. The number of ether oxygens (including phenoxy) is 1. The Bertz CT molecular complexity index is 518. The van der Waals surface area contributed by atoms with Crippen LogP contribution in [0.5, 0.6) is 0 Å². The molecule has 0 amide bonds. The third kappa shape index (κ3) is 1.99. The van der Waals surface area contributed by atoms with Crippen LogP contribution in [0, 0.1) is 11.3 Å². The molecular formula is C17H24O3. The third-order valence-corrected chi connectivity index (χ3v) is 5.63. The van der Waals surface area contributed by atoms with Crippen LogP contribution >= 0.6 is 0 Å². The van der Waals surface area contributed by atoms with Crippen molar-refractivity contribution in [1.82, 2.24) is 0 Å². The van der Waals surface area contributed by atoms with Crippen LogP contribution in [0.2, 0.25) is 0 Å². The largest absolute Gasteiger partial charge is 0.468 e. The minimum Gasteiger partial charge on any atom is -0.468 e. The number of hydrogen-bond acceptors (Lipinski definition) is 3. The van der Waals surface area contributed by atoms with E-state index in [2.05, 4.69) is 19.9 Å². The standard InChI is InChI=1S/C17H24O3/c1-12(18)20-11-16(2)8-4-9-17(3)14(16)6-5-13-7-10-19-15(13)17/h7,10,14H,4-6,8-9,11H2,1-3H3/t14-,16+,17-/m0/s1/i1+1,2+1,3+1,4+1,5+1,6+1,7+1,8+1,9+1,10+1,11+1,12+1,13+1,14+1,15+1,16+1,17+1. The zero-order valence-corrected chi connectivity index (χ0v) is 12.7. The Morgan fingerprint density at radius 3 is 3.00 bits per heavy atom. The molecule has 0 aliphatic heterocycles. The summed E-state index contributed by atoms with van der Waals surface area (Å²) in [4.78, 5) is 11.2. The number of carbonyl (C=O) groups is 1. The summed E-state index contributed by atoms with van der Waals surface area (Å²) in [6.45, 7) is 6.66. The second-order valence-electron chi connectivity index (χ2n) is 7.07. The van der Waals surface area contributed by atoms with Gasteiger partial charge in [0.05, 0.1) is 12.9 Å². The fraction of sp³-hybridized carbons (Fsp3) is 0.706. The highest BCUT2D eigenvalue weighted by atomic mass is 16.7. The lowest BCUT2D eigenvalue weighted by molar-refractivity contribution is -0.148. The molecule has 0 radical (unpaired) electrons. The van der Waals surface area contributed by atoms with Crippen LogP contribution in [-0.2, 0) is 21.4 Å². The molecule has 110 valence electrons. The molecule has 0 saturated heterocycles. The van der Waals surface area contributed by atoms with Crippen LogP contribution < -0.4 is 0 Å². The first-order valence-corrected chi connectivity index (χ1v) is 7.66. The van der Waals surface area contributed by atoms with Gasteiger partial charge in [-0.1, -0.05) is 20.3 Å². The van der Waals surface area contributed by atoms with Gasteiger partial charge in [0.15, 0.2) is 0 Å². The summed E-state index contributed by atoms with van der Waals surface area (Å²) < 4.78 is 11.2. The number of fused-ring (bicyclic) bond motifs is 3. The molecule has 20 heavy (non-hydrogen) atoms. The molecule has 2 aliphatic rings. The van der Waals surface area contributed by atoms with E-state index in [0.29, 0.717) is 12.5 Å². The van der Waals surface area contributed by atoms with Crippen LogP contribution in [0.15, 0.2) is 16.7 Å². The normalized spacial score (nSPS) is 36.0. The molecule has 1 aromatic heterocycles. The molecule has 3 atom stereocenters. The highest BCUT2D eigenvalue weighted by Gasteiger charge is 2.53. The minimum absolute atomic E-state index is 0.0726. The SMILES string of the molecule is [13CH3][13C](=O)O[13CH2][13C@@]1([13CH3])[13CH2][13CH2][13CH2][13C@]2([13CH3])[13c]3o[13cH][13cH][13c]3[13CH2][13CH2][13C@@H]12. The lowest BCUT2D eigenvalue weighted by Crippen LogP contribution is -2.50. The Hall–Kier alpha value is -1.25. The van der Waals surface area contributed by atoms with Gasteiger partial charge in [0.2, 0.25) is 0 Å². The Morgan fingerprint density at radius 1 is 1.45 bits per heavy atom. The predicted octanol–water partition coefficient (Wildman–Crippen LogP) is 3.85. The van der Waals surface area contributed by atoms with E-state index in [1.54, 1.807) is 0 Å². The van der Waals surface area contributed by atoms with E-state index in [9.17, 15) is 4.79 Å². The summed E-state index contributed by atoms with van der Waals surface area (Å²) in [5, 5.41) is 0. The van der Waals surface area contributed by atoms with E-state index >= 15 is 0 Å². The fourth-order valence-corrected chi connectivity index (χ4v) is 4.69. The molecule has 0 spiro atoms. The van der Waals surface area contributed by atoms with Gasteiger partial charge in [-0.05, 0) is 43.2 Å². The molecule has 1 aromatic rings. The van der Waals surface area contributed by atoms with Crippen molar-refractivity contribution in [3.8, 4) is 0 Å². The van der Waals surface area contributed by atoms with E-state index in [1.807, 2.05) is 6.26 Å². The second-order valence-corrected chi connectivity index (χ2v) is 7.07. The summed E-state index contributed by atoms with van der Waals surface area (Å²) in [6, 6.07) is 2.12. The van der Waals surface area contributed by atoms with Gasteiger partial charge in [-0.15, -0.1) is 0 Å². The number of hydrogen-bond donors (Lipinski definition) is 0. The average molecular weight is 293 g/mol. The van der Waals surface area contributed by atoms with Gasteiger partial charge >= 0.3 is 5.97 Å². The highest BCUT2D eigenvalue weighted by molar-refractivity contribution is 5.65. The van der Waals surface area contributed by atoms with Crippen molar-refractivity contribution in [2.75, 3.05) is 6.61 Å². The lowest BCUT2D eigenvalue weighted by atomic mass is 10.5. The molecule has 1 saturated carbocycles. The maximum Gasteiger partial charge on any atom is 0.302 e. The van der Waals surface area contributed by atoms with Crippen LogP contribution in [0.3, 0.4) is 0 Å². The third-order valence-electron chi connectivity index (χ3n) is 5.63. The van der Waals surface area contributed by atoms with E-state index in [1.165, 1.54) is 37.5 Å². The summed E-state index contributed by atoms with van der Waals surface area (Å²) in [6.07, 6.45) is 7.56. The zero-order chi connectivity index (χ0) is 14.4. The fourth-order valence-electron chi connectivity index (χ4n) is 4.69. The van der Waals surface area contributed by atoms with Gasteiger partial charge in [0, 0.05) is 17.8 Å². The molecule has 3 heteroatoms. The summed E-state index contributed by atoms with van der Waals surface area (Å²) >= 11 is 0. The Kier molecular flexibility index (Phi) is 3.19. The first-order chi connectivity index (χ1) is 9.46. The molecule has 3 nitrogen and oxygen atoms in total. The van der Waals surface area contributed by atoms with E-state index in [4.69, 9.17) is 9.15 Å². The monoisotopic (exact) mass is 293 g/mol. The molecule has 2 aliphatic carbocycles. The summed E-state index contributed by atoms with van der Waals surface area (Å²) in [7, 11) is 0. The maximum atomic E-state index is 11.2. The Balaban J connectivity index is 1.92. The molecule has 0 bridgehead atoms. The summed E-state index contributed by atoms with van der Waals surface area (Å²) in [5.74, 6) is 1.54. The highest BCUT2D eigenvalue weighted by Crippen LogP contribution is 2.57. The molecule has 0 aromatic carbocycles. The van der Waals surface area contributed by atoms with Crippen molar-refractivity contribution in [2.24, 2.45) is 11.3 Å². The van der Waals surface area contributed by atoms with Gasteiger partial charge in [0.25, 0.3) is 0 Å². The maximum absolute atomic E-state index is 11.2. The van der Waals surface area contributed by atoms with Crippen molar-refractivity contribution in [2.45, 2.75) is 58.3 Å². The van der Waals surface area contributed by atoms with Crippen molar-refractivity contribution in [3.05, 3.63) is 23.7 Å². The Labute approximate surface area is 120 Å². The topological polar surface area (TPSA) is 39.4 Å². The van der Waals surface area contributed by atoms with Crippen molar-refractivity contribution in [3.63, 3.8) is 0 Å². The van der Waals surface area contributed by atoms with E-state index < -0.39 is 0 Å². The quantitative estimate of drug-likeness (QED) is 0.614. The van der Waals surface area contributed by atoms with E-state index in [-0.39, 0.29) is 16.8 Å². The number of carbonyl (C=O) groups excluding carboxylic acids is 1. The van der Waals surface area contributed by atoms with Crippen LogP contribution in [0.4, 0.5) is 0 Å². The van der Waals surface area contributed by atoms with Crippen LogP contribution in [0.25, 0.3) is 0 Å². The second kappa shape index (κ2) is 4.64. The molecular weight excluding hydrogens is 269 g/mol. The molecule has 1 heterocycles. The van der Waals surface area contributed by atoms with E-state index in [0.717, 1.165) is 12.8 Å². The van der Waals surface area contributed by atoms with Gasteiger partial charge in [-0.2, -0.15) is 0 Å². The van der Waals surface area contributed by atoms with Crippen molar-refractivity contribution in [1.29, 1.82) is 0 Å². The lowest BCUT2D eigenvalue weighted by Gasteiger charge is -2.53. The van der Waals surface area contributed by atoms with Crippen LogP contribution in [-0.4, -0.2) is 12.6 Å². The smallest absolute Gasteiger partial charge is 0.302 e. The first kappa shape index (κ1) is 13.7. The Morgan fingerprint density at radius 2 is 2.25 bits per heavy atom. The van der Waals surface area contributed by atoms with Crippen LogP contribution in [0.1, 0.15) is 57.8 Å². The molecule has 3 rings (SSSR count). The number of esters is 1. The van der Waals surface area contributed by atoms with Crippen molar-refractivity contribution < 1.29 is 13.9 Å². The van der Waals surface area contributed by atoms with Crippen molar-refractivity contribution >= 4 is 5.97 Å².